The molecule has 1 aliphatic rings. The minimum atomic E-state index is -1.26. The van der Waals surface area contributed by atoms with Crippen molar-refractivity contribution in [2.75, 3.05) is 6.54 Å². The maximum absolute atomic E-state index is 11.4. The van der Waals surface area contributed by atoms with E-state index < -0.39 is 24.0 Å². The number of hydrogen-bond donors (Lipinski definition) is 2. The van der Waals surface area contributed by atoms with Crippen LogP contribution in [0, 0.1) is 0 Å². The molecule has 2 rings (SSSR count). The molecular formula is C17H25NO5. The summed E-state index contributed by atoms with van der Waals surface area (Å²) >= 11 is 0. The van der Waals surface area contributed by atoms with Gasteiger partial charge in [-0.1, -0.05) is 30.3 Å². The van der Waals surface area contributed by atoms with E-state index in [1.807, 2.05) is 51.1 Å². The molecule has 0 bridgehead atoms. The van der Waals surface area contributed by atoms with Crippen LogP contribution in [0.15, 0.2) is 30.3 Å². The van der Waals surface area contributed by atoms with Crippen molar-refractivity contribution >= 4 is 5.97 Å². The van der Waals surface area contributed by atoms with Crippen molar-refractivity contribution in [2.24, 2.45) is 0 Å². The Morgan fingerprint density at radius 1 is 1.35 bits per heavy atom. The van der Waals surface area contributed by atoms with Crippen LogP contribution in [0.5, 0.6) is 0 Å². The number of nitrogens with zero attached hydrogens (tertiary/aromatic N) is 1. The first-order valence-electron chi connectivity index (χ1n) is 7.76. The topological polar surface area (TPSA) is 79.2 Å². The van der Waals surface area contributed by atoms with Crippen molar-refractivity contribution in [1.82, 2.24) is 4.90 Å². The van der Waals surface area contributed by atoms with E-state index in [0.717, 1.165) is 5.56 Å². The summed E-state index contributed by atoms with van der Waals surface area (Å²) in [7, 11) is 0. The zero-order chi connectivity index (χ0) is 17.0. The van der Waals surface area contributed by atoms with Gasteiger partial charge in [-0.15, -0.1) is 0 Å². The van der Waals surface area contributed by atoms with E-state index in [9.17, 15) is 15.0 Å². The molecule has 0 spiro atoms. The lowest BCUT2D eigenvalue weighted by Crippen LogP contribution is -2.47. The number of carbonyl (C=O) groups is 1. The van der Waals surface area contributed by atoms with Crippen LogP contribution in [-0.4, -0.2) is 51.8 Å². The molecule has 128 valence electrons. The molecule has 0 saturated carbocycles. The van der Waals surface area contributed by atoms with Crippen molar-refractivity contribution in [1.29, 1.82) is 0 Å². The second kappa shape index (κ2) is 7.40. The van der Waals surface area contributed by atoms with Crippen LogP contribution in [-0.2, 0) is 20.9 Å². The summed E-state index contributed by atoms with van der Waals surface area (Å²) in [6.45, 7) is 6.17. The number of aliphatic carboxylic acids is 1. The Morgan fingerprint density at radius 3 is 2.57 bits per heavy atom. The molecule has 6 heteroatoms. The second-order valence-corrected chi connectivity index (χ2v) is 6.76. The third-order valence-corrected chi connectivity index (χ3v) is 3.66. The maximum atomic E-state index is 11.4. The van der Waals surface area contributed by atoms with E-state index in [1.165, 1.54) is 4.90 Å². The second-order valence-electron chi connectivity index (χ2n) is 6.76. The third kappa shape index (κ3) is 5.28. The van der Waals surface area contributed by atoms with E-state index in [-0.39, 0.29) is 6.10 Å². The Morgan fingerprint density at radius 2 is 2.00 bits per heavy atom. The zero-order valence-electron chi connectivity index (χ0n) is 13.8. The predicted octanol–water partition coefficient (Wildman–Crippen LogP) is 1.82. The molecule has 0 aromatic heterocycles. The van der Waals surface area contributed by atoms with Gasteiger partial charge in [0, 0.05) is 13.0 Å². The van der Waals surface area contributed by atoms with Crippen molar-refractivity contribution in [3.8, 4) is 0 Å². The molecule has 2 N–H and O–H groups in total. The van der Waals surface area contributed by atoms with E-state index in [0.29, 0.717) is 19.6 Å². The summed E-state index contributed by atoms with van der Waals surface area (Å²) < 4.78 is 11.3. The first-order chi connectivity index (χ1) is 10.8. The lowest BCUT2D eigenvalue weighted by molar-refractivity contribution is -0.244. The monoisotopic (exact) mass is 323 g/mol. The maximum Gasteiger partial charge on any atom is 0.321 e. The fourth-order valence-corrected chi connectivity index (χ4v) is 2.60. The van der Waals surface area contributed by atoms with E-state index in [1.54, 1.807) is 0 Å². The number of benzene rings is 1. The van der Waals surface area contributed by atoms with Crippen LogP contribution >= 0.6 is 0 Å². The molecule has 0 aliphatic carbocycles. The normalized spacial score (nSPS) is 23.8. The van der Waals surface area contributed by atoms with Gasteiger partial charge in [0.1, 0.15) is 6.04 Å². The molecule has 0 amide bonds. The average Bonchev–Trinajstić information content (AvgIpc) is 2.89. The highest BCUT2D eigenvalue weighted by molar-refractivity contribution is 5.74. The smallest absolute Gasteiger partial charge is 0.321 e. The fraction of sp³-hybridized carbons (Fsp3) is 0.588. The van der Waals surface area contributed by atoms with Crippen molar-refractivity contribution in [2.45, 2.75) is 58.0 Å². The summed E-state index contributed by atoms with van der Waals surface area (Å²) in [5.74, 6) is -0.979. The Hall–Kier alpha value is -1.47. The number of rotatable bonds is 6. The number of likely N-dealkylation sites (tertiary alicyclic amines) is 1. The van der Waals surface area contributed by atoms with Crippen molar-refractivity contribution < 1.29 is 24.5 Å². The number of ether oxygens (including phenoxy) is 2. The molecule has 1 unspecified atom stereocenters. The minimum Gasteiger partial charge on any atom is -0.480 e. The number of aliphatic hydroxyl groups is 1. The molecule has 23 heavy (non-hydrogen) atoms. The molecule has 3 atom stereocenters. The zero-order valence-corrected chi connectivity index (χ0v) is 13.8. The largest absolute Gasteiger partial charge is 0.480 e. The molecule has 1 aromatic rings. The Bertz CT molecular complexity index is 513. The number of carboxylic acids is 1. The van der Waals surface area contributed by atoms with E-state index in [4.69, 9.17) is 9.47 Å². The minimum absolute atomic E-state index is 0.255. The van der Waals surface area contributed by atoms with Crippen LogP contribution < -0.4 is 0 Å². The lowest BCUT2D eigenvalue weighted by atomic mass is 10.2. The van der Waals surface area contributed by atoms with Gasteiger partial charge in [0.15, 0.2) is 0 Å². The molecule has 1 saturated heterocycles. The summed E-state index contributed by atoms with van der Waals surface area (Å²) in [4.78, 5) is 12.9. The quantitative estimate of drug-likeness (QED) is 0.778. The van der Waals surface area contributed by atoms with Gasteiger partial charge in [-0.3, -0.25) is 4.79 Å². The molecule has 1 aromatic carbocycles. The Balaban J connectivity index is 1.96. The molecular weight excluding hydrogens is 298 g/mol. The SMILES string of the molecule is CC(C)(C)OC(O)N1C[C@@H](OCc2ccccc2)C[C@H]1C(=O)O. The first-order valence-corrected chi connectivity index (χ1v) is 7.76. The molecule has 1 aliphatic heterocycles. The van der Waals surface area contributed by atoms with Gasteiger partial charge in [0.05, 0.1) is 18.3 Å². The average molecular weight is 323 g/mol. The fourth-order valence-electron chi connectivity index (χ4n) is 2.60. The molecule has 0 radical (unpaired) electrons. The molecule has 1 heterocycles. The lowest BCUT2D eigenvalue weighted by Gasteiger charge is -2.31. The highest BCUT2D eigenvalue weighted by Gasteiger charge is 2.42. The number of aliphatic hydroxyl groups excluding tert-OH is 1. The molecule has 6 nitrogen and oxygen atoms in total. The van der Waals surface area contributed by atoms with Crippen LogP contribution in [0.25, 0.3) is 0 Å². The summed E-state index contributed by atoms with van der Waals surface area (Å²) in [6.07, 6.45) is -1.19. The predicted molar refractivity (Wildman–Crippen MR) is 84.6 cm³/mol. The highest BCUT2D eigenvalue weighted by atomic mass is 16.6. The van der Waals surface area contributed by atoms with Crippen molar-refractivity contribution in [3.63, 3.8) is 0 Å². The van der Waals surface area contributed by atoms with Gasteiger partial charge in [0.25, 0.3) is 0 Å². The summed E-state index contributed by atoms with van der Waals surface area (Å²) in [6, 6.07) is 8.90. The van der Waals surface area contributed by atoms with Gasteiger partial charge in [-0.05, 0) is 26.3 Å². The van der Waals surface area contributed by atoms with Gasteiger partial charge >= 0.3 is 5.97 Å². The molecule has 1 fully saturated rings. The van der Waals surface area contributed by atoms with Crippen LogP contribution in [0.4, 0.5) is 0 Å². The number of hydrogen-bond acceptors (Lipinski definition) is 5. The van der Waals surface area contributed by atoms with Crippen molar-refractivity contribution in [3.05, 3.63) is 35.9 Å². The standard InChI is InChI=1S/C17H25NO5/c1-17(2,3)23-16(21)18-10-13(9-14(18)15(19)20)22-11-12-7-5-4-6-8-12/h4-8,13-14,16,21H,9-11H2,1-3H3,(H,19,20)/t13-,14-,16?/m0/s1. The first kappa shape index (κ1) is 17.9. The van der Waals surface area contributed by atoms with E-state index in [2.05, 4.69) is 0 Å². The van der Waals surface area contributed by atoms with Gasteiger partial charge in [0.2, 0.25) is 6.41 Å². The Kier molecular flexibility index (Phi) is 5.75. The van der Waals surface area contributed by atoms with Gasteiger partial charge < -0.3 is 19.7 Å². The summed E-state index contributed by atoms with van der Waals surface area (Å²) in [5.41, 5.74) is 0.468. The number of carboxylic acid groups (broad SMARTS) is 1. The van der Waals surface area contributed by atoms with Crippen LogP contribution in [0.3, 0.4) is 0 Å². The Labute approximate surface area is 136 Å². The third-order valence-electron chi connectivity index (χ3n) is 3.66. The van der Waals surface area contributed by atoms with Crippen LogP contribution in [0.2, 0.25) is 0 Å². The highest BCUT2D eigenvalue weighted by Crippen LogP contribution is 2.25. The van der Waals surface area contributed by atoms with Gasteiger partial charge in [-0.2, -0.15) is 0 Å². The van der Waals surface area contributed by atoms with Crippen LogP contribution in [0.1, 0.15) is 32.8 Å². The van der Waals surface area contributed by atoms with E-state index >= 15 is 0 Å². The van der Waals surface area contributed by atoms with Gasteiger partial charge in [-0.25, -0.2) is 4.90 Å². The summed E-state index contributed by atoms with van der Waals surface area (Å²) in [5, 5.41) is 19.6.